The number of fused-ring (bicyclic) bond motifs is 1. The fourth-order valence-corrected chi connectivity index (χ4v) is 2.59. The van der Waals surface area contributed by atoms with Crippen molar-refractivity contribution in [1.82, 2.24) is 5.32 Å². The maximum absolute atomic E-state index is 5.28. The molecule has 3 atom stereocenters. The van der Waals surface area contributed by atoms with Crippen LogP contribution in [0.1, 0.15) is 18.6 Å². The van der Waals surface area contributed by atoms with Crippen LogP contribution in [0.25, 0.3) is 0 Å². The fraction of sp³-hybridized carbons (Fsp3) is 0.500. The van der Waals surface area contributed by atoms with Crippen molar-refractivity contribution in [2.75, 3.05) is 0 Å². The van der Waals surface area contributed by atoms with E-state index in [0.29, 0.717) is 6.04 Å². The zero-order valence-corrected chi connectivity index (χ0v) is 8.15. The minimum Gasteiger partial charge on any atom is -0.468 e. The van der Waals surface area contributed by atoms with E-state index < -0.39 is 0 Å². The highest BCUT2D eigenvalue weighted by Gasteiger charge is 2.40. The fourth-order valence-electron chi connectivity index (χ4n) is 2.59. The molecular weight excluding hydrogens is 174 g/mol. The molecule has 3 unspecified atom stereocenters. The van der Waals surface area contributed by atoms with Crippen molar-refractivity contribution in [3.05, 3.63) is 36.3 Å². The summed E-state index contributed by atoms with van der Waals surface area (Å²) in [5.74, 6) is 2.77. The molecule has 2 aliphatic rings. The van der Waals surface area contributed by atoms with Gasteiger partial charge in [-0.2, -0.15) is 0 Å². The molecule has 1 fully saturated rings. The van der Waals surface area contributed by atoms with Gasteiger partial charge in [-0.05, 0) is 36.8 Å². The molecule has 0 radical (unpaired) electrons. The van der Waals surface area contributed by atoms with E-state index in [2.05, 4.69) is 17.5 Å². The van der Waals surface area contributed by atoms with Crippen molar-refractivity contribution in [2.24, 2.45) is 11.8 Å². The van der Waals surface area contributed by atoms with Gasteiger partial charge in [-0.25, -0.2) is 0 Å². The first-order valence-electron chi connectivity index (χ1n) is 5.36. The van der Waals surface area contributed by atoms with E-state index >= 15 is 0 Å². The summed E-state index contributed by atoms with van der Waals surface area (Å²) in [5.41, 5.74) is 0. The summed E-state index contributed by atoms with van der Waals surface area (Å²) < 4.78 is 5.28. The van der Waals surface area contributed by atoms with E-state index in [0.717, 1.165) is 24.1 Å². The number of rotatable bonds is 3. The summed E-state index contributed by atoms with van der Waals surface area (Å²) in [6.07, 6.45) is 9.05. The summed E-state index contributed by atoms with van der Waals surface area (Å²) in [6, 6.07) is 4.65. The molecule has 1 N–H and O–H groups in total. The van der Waals surface area contributed by atoms with Gasteiger partial charge in [0.05, 0.1) is 12.8 Å². The van der Waals surface area contributed by atoms with Crippen LogP contribution in [0.3, 0.4) is 0 Å². The first-order valence-corrected chi connectivity index (χ1v) is 5.36. The van der Waals surface area contributed by atoms with Gasteiger partial charge in [0.2, 0.25) is 0 Å². The Kier molecular flexibility index (Phi) is 1.95. The third kappa shape index (κ3) is 1.30. The third-order valence-corrected chi connectivity index (χ3v) is 3.48. The summed E-state index contributed by atoms with van der Waals surface area (Å²) >= 11 is 0. The molecule has 0 spiro atoms. The second-order valence-electron chi connectivity index (χ2n) is 4.30. The van der Waals surface area contributed by atoms with Gasteiger partial charge in [-0.3, -0.25) is 0 Å². The zero-order chi connectivity index (χ0) is 9.38. The minimum atomic E-state index is 0.684. The third-order valence-electron chi connectivity index (χ3n) is 3.48. The van der Waals surface area contributed by atoms with E-state index in [4.69, 9.17) is 4.42 Å². The molecule has 1 aromatic heterocycles. The molecule has 2 aliphatic carbocycles. The highest BCUT2D eigenvalue weighted by Crippen LogP contribution is 2.42. The number of nitrogens with one attached hydrogen (secondary N) is 1. The number of hydrogen-bond acceptors (Lipinski definition) is 2. The SMILES string of the molecule is C1=CC2C(C1)CC2NCc1ccco1. The van der Waals surface area contributed by atoms with Crippen molar-refractivity contribution in [3.8, 4) is 0 Å². The standard InChI is InChI=1S/C12H15NO/c1-3-9-7-12(11(9)5-1)13-8-10-4-2-6-14-10/h1-2,4-6,9,11-13H,3,7-8H2. The van der Waals surface area contributed by atoms with Crippen LogP contribution in [0.2, 0.25) is 0 Å². The zero-order valence-electron chi connectivity index (χ0n) is 8.15. The summed E-state index contributed by atoms with van der Waals surface area (Å²) in [6.45, 7) is 0.870. The molecule has 1 aromatic rings. The van der Waals surface area contributed by atoms with Crippen LogP contribution >= 0.6 is 0 Å². The molecule has 3 rings (SSSR count). The smallest absolute Gasteiger partial charge is 0.117 e. The van der Waals surface area contributed by atoms with Crippen LogP contribution in [-0.4, -0.2) is 6.04 Å². The van der Waals surface area contributed by atoms with E-state index in [-0.39, 0.29) is 0 Å². The molecular formula is C12H15NO. The van der Waals surface area contributed by atoms with Gasteiger partial charge >= 0.3 is 0 Å². The molecule has 1 saturated carbocycles. The Morgan fingerprint density at radius 1 is 1.50 bits per heavy atom. The highest BCUT2D eigenvalue weighted by molar-refractivity contribution is 5.13. The van der Waals surface area contributed by atoms with E-state index in [1.807, 2.05) is 12.1 Å². The Labute approximate surface area is 84.0 Å². The van der Waals surface area contributed by atoms with Crippen molar-refractivity contribution in [1.29, 1.82) is 0 Å². The average molecular weight is 189 g/mol. The van der Waals surface area contributed by atoms with Gasteiger partial charge in [-0.15, -0.1) is 0 Å². The number of allylic oxidation sites excluding steroid dienone is 1. The van der Waals surface area contributed by atoms with Crippen molar-refractivity contribution in [2.45, 2.75) is 25.4 Å². The second kappa shape index (κ2) is 3.28. The summed E-state index contributed by atoms with van der Waals surface area (Å²) in [5, 5.41) is 3.55. The van der Waals surface area contributed by atoms with Crippen LogP contribution < -0.4 is 5.32 Å². The van der Waals surface area contributed by atoms with Crippen LogP contribution in [0.4, 0.5) is 0 Å². The van der Waals surface area contributed by atoms with Gasteiger partial charge in [0, 0.05) is 6.04 Å². The molecule has 0 aromatic carbocycles. The van der Waals surface area contributed by atoms with Crippen molar-refractivity contribution >= 4 is 0 Å². The van der Waals surface area contributed by atoms with Crippen molar-refractivity contribution < 1.29 is 4.42 Å². The van der Waals surface area contributed by atoms with Gasteiger partial charge < -0.3 is 9.73 Å². The lowest BCUT2D eigenvalue weighted by atomic mass is 9.71. The lowest BCUT2D eigenvalue weighted by molar-refractivity contribution is 0.159. The maximum Gasteiger partial charge on any atom is 0.117 e. The Balaban J connectivity index is 1.52. The van der Waals surface area contributed by atoms with Crippen LogP contribution in [0.15, 0.2) is 35.0 Å². The summed E-state index contributed by atoms with van der Waals surface area (Å²) in [7, 11) is 0. The second-order valence-corrected chi connectivity index (χ2v) is 4.30. The first kappa shape index (κ1) is 8.30. The lowest BCUT2D eigenvalue weighted by Crippen LogP contribution is -2.47. The largest absolute Gasteiger partial charge is 0.468 e. The van der Waals surface area contributed by atoms with E-state index in [1.165, 1.54) is 12.8 Å². The number of hydrogen-bond donors (Lipinski definition) is 1. The molecule has 74 valence electrons. The van der Waals surface area contributed by atoms with Gasteiger partial charge in [0.15, 0.2) is 0 Å². The quantitative estimate of drug-likeness (QED) is 0.738. The van der Waals surface area contributed by atoms with Crippen LogP contribution in [0, 0.1) is 11.8 Å². The molecule has 0 saturated heterocycles. The van der Waals surface area contributed by atoms with Gasteiger partial charge in [-0.1, -0.05) is 12.2 Å². The molecule has 0 bridgehead atoms. The minimum absolute atomic E-state index is 0.684. The van der Waals surface area contributed by atoms with E-state index in [9.17, 15) is 0 Å². The molecule has 1 heterocycles. The molecule has 0 aliphatic heterocycles. The lowest BCUT2D eigenvalue weighted by Gasteiger charge is -2.40. The molecule has 2 nitrogen and oxygen atoms in total. The topological polar surface area (TPSA) is 25.2 Å². The van der Waals surface area contributed by atoms with E-state index in [1.54, 1.807) is 6.26 Å². The summed E-state index contributed by atoms with van der Waals surface area (Å²) in [4.78, 5) is 0. The van der Waals surface area contributed by atoms with Crippen molar-refractivity contribution in [3.63, 3.8) is 0 Å². The molecule has 2 heteroatoms. The maximum atomic E-state index is 5.28. The predicted molar refractivity (Wildman–Crippen MR) is 54.7 cm³/mol. The van der Waals surface area contributed by atoms with Crippen LogP contribution in [0.5, 0.6) is 0 Å². The van der Waals surface area contributed by atoms with Crippen LogP contribution in [-0.2, 0) is 6.54 Å². The average Bonchev–Trinajstić information content (AvgIpc) is 2.76. The number of furan rings is 1. The first-order chi connectivity index (χ1) is 6.93. The molecule has 0 amide bonds. The predicted octanol–water partition coefficient (Wildman–Crippen LogP) is 2.33. The monoisotopic (exact) mass is 189 g/mol. The Morgan fingerprint density at radius 2 is 2.50 bits per heavy atom. The Morgan fingerprint density at radius 3 is 3.29 bits per heavy atom. The normalized spacial score (nSPS) is 34.1. The van der Waals surface area contributed by atoms with Gasteiger partial charge in [0.1, 0.15) is 5.76 Å². The highest BCUT2D eigenvalue weighted by atomic mass is 16.3. The van der Waals surface area contributed by atoms with Gasteiger partial charge in [0.25, 0.3) is 0 Å². The Bertz CT molecular complexity index is 328. The molecule has 14 heavy (non-hydrogen) atoms. The Hall–Kier alpha value is -1.02.